The summed E-state index contributed by atoms with van der Waals surface area (Å²) in [5.74, 6) is -0.0184. The van der Waals surface area contributed by atoms with Gasteiger partial charge in [-0.05, 0) is 0 Å². The standard InChI is InChI=1S/C9H13N5O4.H3N.Na.H/c10-9-12-7-6(8(17)13-9)11-3-14(7)4-18-5(1-15)2-16;;;/h3,5,15-16H,1-2,4H2,(H3,10,12,13,17);1H3;;. The SMILES string of the molecule is N.Nc1nc2c(ncn2COC(CO)CO)c(=O)[nH]1.[NaH]. The zero-order chi connectivity index (χ0) is 13.1. The van der Waals surface area contributed by atoms with Gasteiger partial charge in [-0.15, -0.1) is 0 Å². The van der Waals surface area contributed by atoms with Crippen LogP contribution in [0, 0.1) is 0 Å². The second-order valence-corrected chi connectivity index (χ2v) is 3.62. The summed E-state index contributed by atoms with van der Waals surface area (Å²) in [6.07, 6.45) is 0.680. The molecular formula is C9H17N6NaO4. The van der Waals surface area contributed by atoms with Gasteiger partial charge in [0.05, 0.1) is 19.5 Å². The molecule has 0 spiro atoms. The van der Waals surface area contributed by atoms with Crippen molar-refractivity contribution in [3.05, 3.63) is 16.7 Å². The summed E-state index contributed by atoms with van der Waals surface area (Å²) in [5, 5.41) is 17.7. The van der Waals surface area contributed by atoms with Gasteiger partial charge in [-0.25, -0.2) is 4.98 Å². The quantitative estimate of drug-likeness (QED) is 0.377. The van der Waals surface area contributed by atoms with Crippen LogP contribution in [0.2, 0.25) is 0 Å². The number of nitrogens with one attached hydrogen (secondary N) is 1. The van der Waals surface area contributed by atoms with E-state index in [0.29, 0.717) is 0 Å². The van der Waals surface area contributed by atoms with Crippen molar-refractivity contribution in [1.82, 2.24) is 25.7 Å². The molecule has 0 bridgehead atoms. The Labute approximate surface area is 135 Å². The predicted molar refractivity (Wildman–Crippen MR) is 73.8 cm³/mol. The van der Waals surface area contributed by atoms with Gasteiger partial charge in [-0.3, -0.25) is 14.3 Å². The normalized spacial score (nSPS) is 10.3. The van der Waals surface area contributed by atoms with Crippen LogP contribution in [0.4, 0.5) is 5.95 Å². The topological polar surface area (TPSA) is 174 Å². The molecule has 0 aliphatic rings. The molecule has 2 heterocycles. The van der Waals surface area contributed by atoms with E-state index >= 15 is 0 Å². The summed E-state index contributed by atoms with van der Waals surface area (Å²) < 4.78 is 6.66. The molecule has 0 aromatic carbocycles. The summed E-state index contributed by atoms with van der Waals surface area (Å²) in [6, 6.07) is 0. The minimum atomic E-state index is -0.693. The number of fused-ring (bicyclic) bond motifs is 1. The van der Waals surface area contributed by atoms with Crippen LogP contribution in [0.5, 0.6) is 0 Å². The number of aromatic nitrogens is 4. The van der Waals surface area contributed by atoms with Crippen molar-refractivity contribution in [2.45, 2.75) is 12.8 Å². The summed E-state index contributed by atoms with van der Waals surface area (Å²) in [6.45, 7) is -0.614. The van der Waals surface area contributed by atoms with Crippen molar-refractivity contribution < 1.29 is 14.9 Å². The van der Waals surface area contributed by atoms with E-state index in [9.17, 15) is 4.79 Å². The first-order chi connectivity index (χ1) is 8.65. The summed E-state index contributed by atoms with van der Waals surface area (Å²) >= 11 is 0. The van der Waals surface area contributed by atoms with Crippen molar-refractivity contribution in [3.8, 4) is 0 Å². The first kappa shape index (κ1) is 19.0. The van der Waals surface area contributed by atoms with Crippen molar-refractivity contribution in [1.29, 1.82) is 0 Å². The number of nitrogen functional groups attached to an aromatic ring is 1. The Kier molecular flexibility index (Phi) is 7.90. The van der Waals surface area contributed by atoms with E-state index in [1.54, 1.807) is 0 Å². The molecule has 2 aromatic rings. The molecule has 0 fully saturated rings. The maximum absolute atomic E-state index is 11.5. The fraction of sp³-hybridized carbons (Fsp3) is 0.444. The van der Waals surface area contributed by atoms with Crippen molar-refractivity contribution >= 4 is 46.7 Å². The predicted octanol–water partition coefficient (Wildman–Crippen LogP) is -2.46. The average molecular weight is 296 g/mol. The van der Waals surface area contributed by atoms with Gasteiger partial charge in [0.2, 0.25) is 5.95 Å². The molecule has 0 atom stereocenters. The van der Waals surface area contributed by atoms with Gasteiger partial charge >= 0.3 is 29.6 Å². The number of rotatable bonds is 5. The van der Waals surface area contributed by atoms with Gasteiger partial charge in [0.1, 0.15) is 12.8 Å². The third-order valence-corrected chi connectivity index (χ3v) is 2.35. The van der Waals surface area contributed by atoms with E-state index in [4.69, 9.17) is 20.7 Å². The Morgan fingerprint density at radius 2 is 2.10 bits per heavy atom. The van der Waals surface area contributed by atoms with Crippen molar-refractivity contribution in [2.24, 2.45) is 0 Å². The van der Waals surface area contributed by atoms with E-state index in [2.05, 4.69) is 15.0 Å². The number of nitrogens with two attached hydrogens (primary N) is 1. The Balaban J connectivity index is 0.00000180. The van der Waals surface area contributed by atoms with Crippen LogP contribution >= 0.6 is 0 Å². The molecule has 0 saturated heterocycles. The van der Waals surface area contributed by atoms with Gasteiger partial charge in [0, 0.05) is 0 Å². The van der Waals surface area contributed by atoms with E-state index in [0.717, 1.165) is 0 Å². The van der Waals surface area contributed by atoms with Gasteiger partial charge in [0.15, 0.2) is 11.2 Å². The third-order valence-electron chi connectivity index (χ3n) is 2.35. The van der Waals surface area contributed by atoms with Crippen molar-refractivity contribution in [3.63, 3.8) is 0 Å². The molecule has 108 valence electrons. The first-order valence-electron chi connectivity index (χ1n) is 5.19. The van der Waals surface area contributed by atoms with Gasteiger partial charge in [-0.1, -0.05) is 0 Å². The Hall–Kier alpha value is -1.01. The molecule has 0 amide bonds. The number of aliphatic hydroxyl groups excluding tert-OH is 2. The molecule has 8 N–H and O–H groups in total. The molecular weight excluding hydrogens is 279 g/mol. The Bertz CT molecular complexity index is 596. The molecule has 0 aliphatic heterocycles. The summed E-state index contributed by atoms with van der Waals surface area (Å²) in [7, 11) is 0. The molecule has 0 unspecified atom stereocenters. The summed E-state index contributed by atoms with van der Waals surface area (Å²) in [5.41, 5.74) is 5.43. The minimum absolute atomic E-state index is 0. The molecule has 2 aromatic heterocycles. The molecule has 2 rings (SSSR count). The van der Waals surface area contributed by atoms with Gasteiger partial charge in [-0.2, -0.15) is 4.98 Å². The average Bonchev–Trinajstić information content (AvgIpc) is 2.74. The van der Waals surface area contributed by atoms with E-state index in [1.807, 2.05) is 0 Å². The van der Waals surface area contributed by atoms with Crippen LogP contribution in [0.1, 0.15) is 0 Å². The number of ether oxygens (including phenoxy) is 1. The first-order valence-corrected chi connectivity index (χ1v) is 5.19. The number of aromatic amines is 1. The monoisotopic (exact) mass is 296 g/mol. The van der Waals surface area contributed by atoms with Crippen LogP contribution < -0.4 is 17.4 Å². The number of anilines is 1. The van der Waals surface area contributed by atoms with Crippen LogP contribution in [0.3, 0.4) is 0 Å². The second-order valence-electron chi connectivity index (χ2n) is 3.62. The number of hydrogen-bond acceptors (Lipinski definition) is 8. The zero-order valence-electron chi connectivity index (χ0n) is 10.1. The zero-order valence-corrected chi connectivity index (χ0v) is 10.1. The van der Waals surface area contributed by atoms with Crippen LogP contribution in [0.25, 0.3) is 11.2 Å². The van der Waals surface area contributed by atoms with Gasteiger partial charge < -0.3 is 26.8 Å². The number of aliphatic hydroxyl groups is 2. The number of hydrogen-bond donors (Lipinski definition) is 5. The van der Waals surface area contributed by atoms with E-state index in [1.165, 1.54) is 10.9 Å². The van der Waals surface area contributed by atoms with E-state index < -0.39 is 11.7 Å². The molecule has 0 aliphatic carbocycles. The summed E-state index contributed by atoms with van der Waals surface area (Å²) in [4.78, 5) is 21.6. The number of H-pyrrole nitrogens is 1. The fourth-order valence-corrected chi connectivity index (χ4v) is 1.41. The number of nitrogens with zero attached hydrogens (tertiary/aromatic N) is 3. The van der Waals surface area contributed by atoms with Crippen molar-refractivity contribution in [2.75, 3.05) is 18.9 Å². The third kappa shape index (κ3) is 3.99. The van der Waals surface area contributed by atoms with Crippen LogP contribution in [-0.4, -0.2) is 78.6 Å². The van der Waals surface area contributed by atoms with Crippen LogP contribution in [-0.2, 0) is 11.5 Å². The maximum atomic E-state index is 11.5. The molecule has 0 saturated carbocycles. The Morgan fingerprint density at radius 1 is 1.45 bits per heavy atom. The fourth-order valence-electron chi connectivity index (χ4n) is 1.41. The Morgan fingerprint density at radius 3 is 2.70 bits per heavy atom. The molecule has 20 heavy (non-hydrogen) atoms. The number of imidazole rings is 1. The van der Waals surface area contributed by atoms with Crippen LogP contribution in [0.15, 0.2) is 11.1 Å². The molecule has 10 nitrogen and oxygen atoms in total. The second kappa shape index (κ2) is 8.32. The molecule has 0 radical (unpaired) electrons. The molecule has 11 heteroatoms. The van der Waals surface area contributed by atoms with Gasteiger partial charge in [0.25, 0.3) is 5.56 Å². The van der Waals surface area contributed by atoms with E-state index in [-0.39, 0.29) is 72.8 Å².